The highest BCUT2D eigenvalue weighted by Crippen LogP contribution is 2.53. The minimum atomic E-state index is 0.0482. The largest absolute Gasteiger partial charge is 0.494 e. The van der Waals surface area contributed by atoms with Gasteiger partial charge in [0.15, 0.2) is 5.82 Å². The van der Waals surface area contributed by atoms with Crippen LogP contribution in [0.15, 0.2) is 42.5 Å². The number of likely N-dealkylation sites (tertiary alicyclic amines) is 1. The molecule has 1 saturated heterocycles. The lowest BCUT2D eigenvalue weighted by Gasteiger charge is -2.64. The number of nitrogens with zero attached hydrogens (tertiary/aromatic N) is 4. The first kappa shape index (κ1) is 26.3. The maximum Gasteiger partial charge on any atom is 0.254 e. The normalized spacial score (nSPS) is 22.0. The number of aryl methyl sites for hydroxylation is 1. The molecule has 2 aromatic carbocycles. The molecule has 2 atom stereocenters. The van der Waals surface area contributed by atoms with Crippen molar-refractivity contribution in [3.63, 3.8) is 0 Å². The average molecular weight is 552 g/mol. The number of fused-ring (bicyclic) bond motifs is 3. The first-order chi connectivity index (χ1) is 19.8. The number of benzene rings is 2. The molecule has 0 bridgehead atoms. The van der Waals surface area contributed by atoms with E-state index < -0.39 is 0 Å². The molecule has 1 unspecified atom stereocenters. The first-order valence-corrected chi connectivity index (χ1v) is 15.2. The molecule has 2 saturated carbocycles. The quantitative estimate of drug-likeness (QED) is 0.267. The van der Waals surface area contributed by atoms with Crippen molar-refractivity contribution in [1.29, 1.82) is 0 Å². The zero-order valence-electron chi connectivity index (χ0n) is 24.7. The summed E-state index contributed by atoms with van der Waals surface area (Å²) >= 11 is 0. The molecule has 2 N–H and O–H groups in total. The van der Waals surface area contributed by atoms with Crippen molar-refractivity contribution in [3.05, 3.63) is 53.6 Å². The topological polar surface area (TPSA) is 78.3 Å². The van der Waals surface area contributed by atoms with Gasteiger partial charge in [0.1, 0.15) is 11.3 Å². The maximum absolute atomic E-state index is 13.6. The Hall–Kier alpha value is -3.58. The lowest BCUT2D eigenvalue weighted by Crippen LogP contribution is -2.74. The number of nitrogens with two attached hydrogens (primary N) is 1. The third-order valence-electron chi connectivity index (χ3n) is 9.76. The molecule has 214 valence electrons. The second-order valence-electron chi connectivity index (χ2n) is 13.0. The number of rotatable bonds is 9. The standard InChI is InChI=1S/C34H41N5O2/c1-21(2)6-5-7-22-10-11-27-24(14-22)16-28(38(27)18-23-8-9-23)32-36-26-15-25(17-29(41-4)31(26)37(32)3)33(40)39-20-34(19-35)13-12-30(34)39/h5,7,10-11,14-17,21,23,30H,6,8-9,12-13,18-20,35H2,1-4H3/b7-5+/t30?,34-/m0/s1. The summed E-state index contributed by atoms with van der Waals surface area (Å²) in [7, 11) is 3.72. The lowest BCUT2D eigenvalue weighted by molar-refractivity contribution is -0.117. The zero-order valence-corrected chi connectivity index (χ0v) is 24.7. The van der Waals surface area contributed by atoms with Crippen LogP contribution in [0.3, 0.4) is 0 Å². The number of hydrogen-bond acceptors (Lipinski definition) is 4. The summed E-state index contributed by atoms with van der Waals surface area (Å²) in [6.07, 6.45) is 10.3. The van der Waals surface area contributed by atoms with E-state index in [2.05, 4.69) is 59.4 Å². The van der Waals surface area contributed by atoms with Crippen LogP contribution in [0.25, 0.3) is 39.5 Å². The summed E-state index contributed by atoms with van der Waals surface area (Å²) in [5.74, 6) is 2.98. The van der Waals surface area contributed by atoms with Gasteiger partial charge in [-0.15, -0.1) is 0 Å². The molecule has 7 heteroatoms. The average Bonchev–Trinajstić information content (AvgIpc) is 3.62. The molecule has 0 radical (unpaired) electrons. The van der Waals surface area contributed by atoms with E-state index in [4.69, 9.17) is 15.5 Å². The number of allylic oxidation sites excluding steroid dienone is 1. The monoisotopic (exact) mass is 551 g/mol. The molecule has 1 amide bonds. The fourth-order valence-corrected chi connectivity index (χ4v) is 7.00. The minimum absolute atomic E-state index is 0.0482. The highest BCUT2D eigenvalue weighted by atomic mass is 16.5. The molecule has 7 rings (SSSR count). The van der Waals surface area contributed by atoms with Gasteiger partial charge >= 0.3 is 0 Å². The number of hydrogen-bond donors (Lipinski definition) is 1. The third kappa shape index (κ3) is 4.28. The molecule has 4 aromatic rings. The SMILES string of the molecule is COc1cc(C(=O)N2C[C@@]3(CN)CCC23)cc2nc(-c3cc4cc(/C=C/CC(C)C)ccc4n3CC3CC3)n(C)c12. The van der Waals surface area contributed by atoms with E-state index in [0.29, 0.717) is 29.7 Å². The van der Waals surface area contributed by atoms with E-state index in [1.54, 1.807) is 7.11 Å². The summed E-state index contributed by atoms with van der Waals surface area (Å²) in [5.41, 5.74) is 12.1. The van der Waals surface area contributed by atoms with Crippen molar-refractivity contribution in [2.45, 2.75) is 58.5 Å². The van der Waals surface area contributed by atoms with Crippen LogP contribution in [0.5, 0.6) is 5.75 Å². The van der Waals surface area contributed by atoms with E-state index in [0.717, 1.165) is 54.9 Å². The Morgan fingerprint density at radius 3 is 2.68 bits per heavy atom. The Morgan fingerprint density at radius 1 is 1.20 bits per heavy atom. The van der Waals surface area contributed by atoms with Gasteiger partial charge in [-0.25, -0.2) is 4.98 Å². The van der Waals surface area contributed by atoms with Crippen LogP contribution in [0, 0.1) is 17.3 Å². The van der Waals surface area contributed by atoms with Crippen molar-refractivity contribution >= 4 is 33.9 Å². The van der Waals surface area contributed by atoms with E-state index in [1.165, 1.54) is 29.3 Å². The van der Waals surface area contributed by atoms with E-state index >= 15 is 0 Å². The van der Waals surface area contributed by atoms with Gasteiger partial charge < -0.3 is 24.5 Å². The fraction of sp³-hybridized carbons (Fsp3) is 0.471. The second kappa shape index (κ2) is 9.76. The number of carbonyl (C=O) groups is 1. The van der Waals surface area contributed by atoms with Gasteiger partial charge in [0.2, 0.25) is 0 Å². The van der Waals surface area contributed by atoms with Crippen LogP contribution >= 0.6 is 0 Å². The van der Waals surface area contributed by atoms with Crippen LogP contribution in [-0.4, -0.2) is 51.2 Å². The van der Waals surface area contributed by atoms with Crippen LogP contribution < -0.4 is 10.5 Å². The predicted molar refractivity (Wildman–Crippen MR) is 165 cm³/mol. The predicted octanol–water partition coefficient (Wildman–Crippen LogP) is 6.24. The van der Waals surface area contributed by atoms with Crippen molar-refractivity contribution in [3.8, 4) is 17.3 Å². The molecule has 3 heterocycles. The van der Waals surface area contributed by atoms with Gasteiger partial charge in [-0.1, -0.05) is 32.1 Å². The molecule has 2 aliphatic carbocycles. The van der Waals surface area contributed by atoms with Gasteiger partial charge in [0.25, 0.3) is 5.91 Å². The van der Waals surface area contributed by atoms with E-state index in [9.17, 15) is 4.79 Å². The number of piperidine rings is 1. The van der Waals surface area contributed by atoms with Gasteiger partial charge in [0.05, 0.1) is 18.3 Å². The first-order valence-electron chi connectivity index (χ1n) is 15.2. The molecular weight excluding hydrogens is 510 g/mol. The third-order valence-corrected chi connectivity index (χ3v) is 9.76. The Balaban J connectivity index is 1.29. The van der Waals surface area contributed by atoms with Gasteiger partial charge in [-0.05, 0) is 79.8 Å². The van der Waals surface area contributed by atoms with Gasteiger partial charge in [-0.2, -0.15) is 0 Å². The maximum atomic E-state index is 13.6. The van der Waals surface area contributed by atoms with Crippen molar-refractivity contribution in [2.24, 2.45) is 30.0 Å². The molecule has 41 heavy (non-hydrogen) atoms. The minimum Gasteiger partial charge on any atom is -0.494 e. The summed E-state index contributed by atoms with van der Waals surface area (Å²) < 4.78 is 10.4. The number of carbonyl (C=O) groups excluding carboxylic acids is 1. The van der Waals surface area contributed by atoms with Crippen LogP contribution in [0.4, 0.5) is 0 Å². The highest BCUT2D eigenvalue weighted by molar-refractivity contribution is 6.01. The molecule has 3 fully saturated rings. The summed E-state index contributed by atoms with van der Waals surface area (Å²) in [4.78, 5) is 20.7. The molecule has 2 aromatic heterocycles. The van der Waals surface area contributed by atoms with Crippen LogP contribution in [-0.2, 0) is 13.6 Å². The molecule has 0 spiro atoms. The Morgan fingerprint density at radius 2 is 2.02 bits per heavy atom. The lowest BCUT2D eigenvalue weighted by atomic mass is 9.57. The van der Waals surface area contributed by atoms with Crippen molar-refractivity contribution in [2.75, 3.05) is 20.2 Å². The Labute approximate surface area is 242 Å². The Kier molecular flexibility index (Phi) is 6.27. The molecular formula is C34H41N5O2. The number of ether oxygens (including phenoxy) is 1. The molecule has 7 nitrogen and oxygen atoms in total. The number of imidazole rings is 1. The summed E-state index contributed by atoms with van der Waals surface area (Å²) in [6.45, 7) is 6.88. The number of methoxy groups -OCH3 is 1. The number of aromatic nitrogens is 3. The summed E-state index contributed by atoms with van der Waals surface area (Å²) in [5, 5.41) is 1.23. The fourth-order valence-electron chi connectivity index (χ4n) is 7.00. The smallest absolute Gasteiger partial charge is 0.254 e. The second-order valence-corrected chi connectivity index (χ2v) is 13.0. The Bertz CT molecular complexity index is 1690. The number of amides is 1. The zero-order chi connectivity index (χ0) is 28.5. The molecule has 3 aliphatic rings. The van der Waals surface area contributed by atoms with Crippen molar-refractivity contribution < 1.29 is 9.53 Å². The highest BCUT2D eigenvalue weighted by Gasteiger charge is 2.59. The van der Waals surface area contributed by atoms with E-state index in [1.807, 2.05) is 24.1 Å². The molecule has 1 aliphatic heterocycles. The van der Waals surface area contributed by atoms with Gasteiger partial charge in [-0.3, -0.25) is 4.79 Å². The van der Waals surface area contributed by atoms with Crippen LogP contribution in [0.1, 0.15) is 61.9 Å². The van der Waals surface area contributed by atoms with E-state index in [-0.39, 0.29) is 17.4 Å². The van der Waals surface area contributed by atoms with Crippen LogP contribution in [0.2, 0.25) is 0 Å². The van der Waals surface area contributed by atoms with Crippen molar-refractivity contribution in [1.82, 2.24) is 19.0 Å². The summed E-state index contributed by atoms with van der Waals surface area (Å²) in [6, 6.07) is 13.1. The van der Waals surface area contributed by atoms with Gasteiger partial charge in [0, 0.05) is 54.6 Å².